The van der Waals surface area contributed by atoms with Crippen LogP contribution in [0.4, 0.5) is 0 Å². The molecule has 7 atom stereocenters. The molecule has 2 aliphatic rings. The highest BCUT2D eigenvalue weighted by Gasteiger charge is 2.48. The van der Waals surface area contributed by atoms with Gasteiger partial charge >= 0.3 is 11.9 Å². The molecule has 2 N–H and O–H groups in total. The molecule has 11 heteroatoms. The molecule has 1 saturated heterocycles. The summed E-state index contributed by atoms with van der Waals surface area (Å²) in [6.07, 6.45) is 2.53. The van der Waals surface area contributed by atoms with E-state index >= 15 is 0 Å². The van der Waals surface area contributed by atoms with E-state index in [4.69, 9.17) is 30.5 Å². The second-order valence-corrected chi connectivity index (χ2v) is 13.4. The molecule has 0 spiro atoms. The van der Waals surface area contributed by atoms with Gasteiger partial charge in [-0.25, -0.2) is 4.79 Å². The lowest BCUT2D eigenvalue weighted by Gasteiger charge is -2.30. The summed E-state index contributed by atoms with van der Waals surface area (Å²) in [4.78, 5) is 53.9. The number of ether oxygens (including phenoxy) is 4. The average Bonchev–Trinajstić information content (AvgIpc) is 3.86. The first-order chi connectivity index (χ1) is 22.8. The topological polar surface area (TPSA) is 133 Å². The number of halogens is 1. The minimum atomic E-state index is -1.39. The third-order valence-electron chi connectivity index (χ3n) is 8.70. The Morgan fingerprint density at radius 2 is 1.81 bits per heavy atom. The molecule has 4 rings (SSSR count). The molecule has 0 radical (unpaired) electrons. The van der Waals surface area contributed by atoms with Gasteiger partial charge in [0.25, 0.3) is 0 Å². The van der Waals surface area contributed by atoms with Crippen LogP contribution in [0, 0.1) is 17.3 Å². The number of cyclic esters (lactones) is 2. The highest BCUT2D eigenvalue weighted by molar-refractivity contribution is 6.32. The van der Waals surface area contributed by atoms with Gasteiger partial charge in [-0.2, -0.15) is 0 Å². The van der Waals surface area contributed by atoms with Crippen molar-refractivity contribution in [2.24, 2.45) is 17.3 Å². The van der Waals surface area contributed by atoms with Crippen molar-refractivity contribution >= 4 is 35.4 Å². The van der Waals surface area contributed by atoms with Crippen LogP contribution >= 0.6 is 11.6 Å². The molecule has 2 aromatic rings. The van der Waals surface area contributed by atoms with Gasteiger partial charge in [-0.05, 0) is 48.6 Å². The Morgan fingerprint density at radius 1 is 1.08 bits per heavy atom. The molecule has 2 aliphatic heterocycles. The number of benzene rings is 2. The minimum Gasteiger partial charge on any atom is -0.495 e. The third kappa shape index (κ3) is 9.48. The number of methoxy groups -OCH3 is 1. The fraction of sp³-hybridized carbons (Fsp3) is 0.459. The van der Waals surface area contributed by atoms with Gasteiger partial charge in [-0.3, -0.25) is 14.4 Å². The van der Waals surface area contributed by atoms with Gasteiger partial charge in [0, 0.05) is 25.3 Å². The second-order valence-electron chi connectivity index (χ2n) is 13.0. The predicted octanol–water partition coefficient (Wildman–Crippen LogP) is 5.29. The van der Waals surface area contributed by atoms with E-state index in [0.29, 0.717) is 16.3 Å². The summed E-state index contributed by atoms with van der Waals surface area (Å²) >= 11 is 6.32. The van der Waals surface area contributed by atoms with E-state index in [0.717, 1.165) is 5.56 Å². The van der Waals surface area contributed by atoms with E-state index in [1.165, 1.54) is 19.3 Å². The summed E-state index contributed by atoms with van der Waals surface area (Å²) in [5.41, 5.74) is 0.305. The monoisotopic (exact) mass is 680 g/mol. The number of carbonyl (C=O) groups excluding carboxylic acids is 4. The lowest BCUT2D eigenvalue weighted by molar-refractivity contribution is -0.178. The van der Waals surface area contributed by atoms with E-state index < -0.39 is 47.4 Å². The summed E-state index contributed by atoms with van der Waals surface area (Å²) in [6.45, 7) is 10.9. The van der Waals surface area contributed by atoms with Crippen LogP contribution in [0.5, 0.6) is 5.75 Å². The molecular weight excluding hydrogens is 636 g/mol. The van der Waals surface area contributed by atoms with Crippen molar-refractivity contribution in [3.8, 4) is 5.75 Å². The van der Waals surface area contributed by atoms with Gasteiger partial charge < -0.3 is 29.6 Å². The zero-order valence-electron chi connectivity index (χ0n) is 28.1. The van der Waals surface area contributed by atoms with Gasteiger partial charge in [0.2, 0.25) is 11.8 Å². The lowest BCUT2D eigenvalue weighted by Crippen LogP contribution is -2.51. The number of carbonyl (C=O) groups is 4. The predicted molar refractivity (Wildman–Crippen MR) is 181 cm³/mol. The fourth-order valence-electron chi connectivity index (χ4n) is 5.56. The quantitative estimate of drug-likeness (QED) is 0.208. The number of esters is 2. The summed E-state index contributed by atoms with van der Waals surface area (Å²) in [7, 11) is 1.50. The third-order valence-corrected chi connectivity index (χ3v) is 8.99. The number of amides is 2. The molecular formula is C37H45ClN2O8. The van der Waals surface area contributed by atoms with E-state index in [2.05, 4.69) is 17.2 Å². The van der Waals surface area contributed by atoms with Crippen LogP contribution in [0.2, 0.25) is 5.02 Å². The van der Waals surface area contributed by atoms with Gasteiger partial charge in [-0.1, -0.05) is 80.9 Å². The van der Waals surface area contributed by atoms with Crippen molar-refractivity contribution in [1.82, 2.24) is 10.6 Å². The molecule has 2 aromatic carbocycles. The van der Waals surface area contributed by atoms with Crippen LogP contribution in [0.15, 0.2) is 73.3 Å². The van der Waals surface area contributed by atoms with Crippen LogP contribution in [0.25, 0.3) is 0 Å². The minimum absolute atomic E-state index is 0.00320. The molecule has 0 unspecified atom stereocenters. The summed E-state index contributed by atoms with van der Waals surface area (Å²) < 4.78 is 23.1. The highest BCUT2D eigenvalue weighted by Crippen LogP contribution is 2.45. The Hall–Kier alpha value is -4.15. The lowest BCUT2D eigenvalue weighted by atomic mass is 9.90. The largest absolute Gasteiger partial charge is 0.495 e. The number of epoxide rings is 1. The zero-order valence-corrected chi connectivity index (χ0v) is 28.8. The molecule has 10 nitrogen and oxygen atoms in total. The summed E-state index contributed by atoms with van der Waals surface area (Å²) in [5.74, 6) is -2.28. The normalized spacial score (nSPS) is 28.4. The van der Waals surface area contributed by atoms with Crippen molar-refractivity contribution in [2.75, 3.05) is 13.7 Å². The Kier molecular flexibility index (Phi) is 12.5. The van der Waals surface area contributed by atoms with Gasteiger partial charge in [-0.15, -0.1) is 6.58 Å². The Morgan fingerprint density at radius 3 is 2.46 bits per heavy atom. The van der Waals surface area contributed by atoms with Crippen molar-refractivity contribution in [3.05, 3.63) is 89.5 Å². The Labute approximate surface area is 287 Å². The number of hydrogen-bond acceptors (Lipinski definition) is 8. The van der Waals surface area contributed by atoms with Crippen LogP contribution in [0.3, 0.4) is 0 Å². The standard InChI is InChI=1S/C37H45ClN2O8/c1-7-37(5)21-39-34(42)27(20-24-16-17-29(45-6)26(38)19-24)40-31(41)15-11-14-28(46-35(43)30(18-22(2)3)47-36(37)44)23(4)32-33(48-32)25-12-9-8-10-13-25/h7-13,15-17,19,22-23,27-28,30,32-33H,1,14,18,20-21H2,2-6H3,(H,39,42)(H,40,41)/b15-11+/t23-,27+,28-,30-,32+,33+,37-/m0/s1. The first-order valence-corrected chi connectivity index (χ1v) is 16.6. The van der Waals surface area contributed by atoms with Crippen LogP contribution in [-0.2, 0) is 39.8 Å². The average molecular weight is 681 g/mol. The molecule has 258 valence electrons. The maximum absolute atomic E-state index is 13.6. The van der Waals surface area contributed by atoms with Crippen LogP contribution < -0.4 is 15.4 Å². The van der Waals surface area contributed by atoms with Crippen LogP contribution in [-0.4, -0.2) is 61.8 Å². The molecule has 0 bridgehead atoms. The molecule has 0 saturated carbocycles. The van der Waals surface area contributed by atoms with E-state index in [9.17, 15) is 19.2 Å². The molecule has 2 heterocycles. The zero-order chi connectivity index (χ0) is 35.0. The molecule has 2 amide bonds. The number of rotatable bonds is 9. The second kappa shape index (κ2) is 16.3. The van der Waals surface area contributed by atoms with Gasteiger partial charge in [0.05, 0.1) is 18.2 Å². The first kappa shape index (κ1) is 36.7. The Bertz CT molecular complexity index is 1510. The first-order valence-electron chi connectivity index (χ1n) is 16.2. The van der Waals surface area contributed by atoms with Crippen LogP contribution in [0.1, 0.15) is 57.8 Å². The highest BCUT2D eigenvalue weighted by atomic mass is 35.5. The summed E-state index contributed by atoms with van der Waals surface area (Å²) in [5, 5.41) is 5.87. The Balaban J connectivity index is 1.63. The maximum Gasteiger partial charge on any atom is 0.347 e. The number of hydrogen-bond donors (Lipinski definition) is 2. The molecule has 0 aromatic heterocycles. The van der Waals surface area contributed by atoms with E-state index in [-0.39, 0.29) is 49.9 Å². The molecule has 48 heavy (non-hydrogen) atoms. The van der Waals surface area contributed by atoms with E-state index in [1.54, 1.807) is 31.2 Å². The smallest absolute Gasteiger partial charge is 0.347 e. The molecule has 1 fully saturated rings. The molecule has 0 aliphatic carbocycles. The van der Waals surface area contributed by atoms with Crippen molar-refractivity contribution < 1.29 is 38.1 Å². The van der Waals surface area contributed by atoms with E-state index in [1.807, 2.05) is 51.1 Å². The maximum atomic E-state index is 13.6. The summed E-state index contributed by atoms with van der Waals surface area (Å²) in [6, 6.07) is 13.8. The van der Waals surface area contributed by atoms with Gasteiger partial charge in [0.15, 0.2) is 6.10 Å². The van der Waals surface area contributed by atoms with Crippen molar-refractivity contribution in [1.29, 1.82) is 0 Å². The fourth-order valence-corrected chi connectivity index (χ4v) is 5.84. The van der Waals surface area contributed by atoms with Gasteiger partial charge in [0.1, 0.15) is 29.4 Å². The van der Waals surface area contributed by atoms with Crippen molar-refractivity contribution in [3.63, 3.8) is 0 Å². The van der Waals surface area contributed by atoms with Crippen molar-refractivity contribution in [2.45, 2.75) is 77.4 Å². The SMILES string of the molecule is C=C[C@@]1(C)CNC(=O)[C@@H](Cc2ccc(OC)c(Cl)c2)NC(=O)/C=C/C[C@@H]([C@H](C)[C@H]2O[C@@H]2c2ccccc2)OC(=O)[C@H](CC(C)C)OC1=O. The number of nitrogens with one attached hydrogen (secondary N) is 2.